The first-order chi connectivity index (χ1) is 22.3. The van der Waals surface area contributed by atoms with Crippen molar-refractivity contribution in [3.8, 4) is 5.75 Å². The summed E-state index contributed by atoms with van der Waals surface area (Å²) >= 11 is 1.64. The third-order valence-corrected chi connectivity index (χ3v) is 11.8. The summed E-state index contributed by atoms with van der Waals surface area (Å²) < 4.78 is 4.83. The number of hydrogen-bond acceptors (Lipinski definition) is 6. The van der Waals surface area contributed by atoms with E-state index in [-0.39, 0.29) is 42.2 Å². The second kappa shape index (κ2) is 14.5. The zero-order chi connectivity index (χ0) is 33.0. The van der Waals surface area contributed by atoms with Crippen molar-refractivity contribution in [3.63, 3.8) is 0 Å². The zero-order valence-corrected chi connectivity index (χ0v) is 28.0. The molecule has 0 aliphatic carbocycles. The Kier molecular flexibility index (Phi) is 10.6. The Morgan fingerprint density at radius 2 is 1.78 bits per heavy atom. The zero-order valence-electron chi connectivity index (χ0n) is 27.2. The molecule has 9 heteroatoms. The first kappa shape index (κ1) is 33.8. The van der Waals surface area contributed by atoms with Crippen LogP contribution in [0.2, 0.25) is 0 Å². The van der Waals surface area contributed by atoms with Gasteiger partial charge in [-0.05, 0) is 62.9 Å². The number of thioether (sulfide) groups is 1. The fourth-order valence-electron chi connectivity index (χ4n) is 7.89. The summed E-state index contributed by atoms with van der Waals surface area (Å²) in [5.41, 5.74) is 1.46. The van der Waals surface area contributed by atoms with Crippen LogP contribution >= 0.6 is 11.8 Å². The first-order valence-corrected chi connectivity index (χ1v) is 17.4. The molecule has 2 aromatic rings. The number of rotatable bonds is 15. The van der Waals surface area contributed by atoms with Crippen molar-refractivity contribution in [1.82, 2.24) is 9.80 Å². The SMILES string of the molecule is C=CCN(C(=O)[C@@H]1[C@H]2C(=O)N([C@H](CO)c3ccccc3)C(C(=O)N(CC=C)C(C)CCC)C23CC[C@H]1S3)c1ccc(OCC)cc1. The molecule has 246 valence electrons. The second-order valence-corrected chi connectivity index (χ2v) is 14.1. The van der Waals surface area contributed by atoms with E-state index in [1.54, 1.807) is 33.7 Å². The molecular formula is C37H47N3O5S. The number of fused-ring (bicyclic) bond motifs is 1. The van der Waals surface area contributed by atoms with Gasteiger partial charge in [0.2, 0.25) is 17.7 Å². The molecule has 2 bridgehead atoms. The lowest BCUT2D eigenvalue weighted by Crippen LogP contribution is -2.57. The number of aliphatic hydroxyl groups is 1. The van der Waals surface area contributed by atoms with E-state index in [2.05, 4.69) is 20.1 Å². The average Bonchev–Trinajstić information content (AvgIpc) is 3.71. The fraction of sp³-hybridized carbons (Fsp3) is 0.486. The number of hydrogen-bond donors (Lipinski definition) is 1. The van der Waals surface area contributed by atoms with E-state index in [1.807, 2.05) is 73.3 Å². The Morgan fingerprint density at radius 1 is 1.09 bits per heavy atom. The van der Waals surface area contributed by atoms with E-state index >= 15 is 0 Å². The molecule has 46 heavy (non-hydrogen) atoms. The van der Waals surface area contributed by atoms with Crippen molar-refractivity contribution >= 4 is 35.2 Å². The van der Waals surface area contributed by atoms with Crippen LogP contribution < -0.4 is 9.64 Å². The maximum Gasteiger partial charge on any atom is 0.247 e. The number of nitrogens with zero attached hydrogens (tertiary/aromatic N) is 3. The topological polar surface area (TPSA) is 90.4 Å². The van der Waals surface area contributed by atoms with Gasteiger partial charge in [-0.25, -0.2) is 0 Å². The van der Waals surface area contributed by atoms with Gasteiger partial charge >= 0.3 is 0 Å². The summed E-state index contributed by atoms with van der Waals surface area (Å²) in [7, 11) is 0. The van der Waals surface area contributed by atoms with Gasteiger partial charge in [0.05, 0.1) is 35.8 Å². The Morgan fingerprint density at radius 3 is 2.39 bits per heavy atom. The summed E-state index contributed by atoms with van der Waals surface area (Å²) in [5.74, 6) is -1.11. The average molecular weight is 646 g/mol. The predicted octanol–water partition coefficient (Wildman–Crippen LogP) is 5.63. The predicted molar refractivity (Wildman–Crippen MR) is 184 cm³/mol. The van der Waals surface area contributed by atoms with Gasteiger partial charge in [0.1, 0.15) is 11.8 Å². The summed E-state index contributed by atoms with van der Waals surface area (Å²) in [5, 5.41) is 10.7. The molecule has 7 atom stereocenters. The minimum Gasteiger partial charge on any atom is -0.494 e. The summed E-state index contributed by atoms with van der Waals surface area (Å²) in [4.78, 5) is 49.6. The number of ether oxygens (including phenoxy) is 1. The molecule has 3 saturated heterocycles. The first-order valence-electron chi connectivity index (χ1n) is 16.5. The van der Waals surface area contributed by atoms with Crippen LogP contribution in [0.5, 0.6) is 5.75 Å². The molecule has 3 amide bonds. The van der Waals surface area contributed by atoms with Crippen LogP contribution in [-0.4, -0.2) is 81.0 Å². The van der Waals surface area contributed by atoms with Crippen molar-refractivity contribution in [2.45, 2.75) is 74.6 Å². The molecule has 0 radical (unpaired) electrons. The molecule has 3 heterocycles. The van der Waals surface area contributed by atoms with E-state index in [9.17, 15) is 19.5 Å². The van der Waals surface area contributed by atoms with Gasteiger partial charge in [0.25, 0.3) is 0 Å². The van der Waals surface area contributed by atoms with E-state index in [0.717, 1.165) is 24.8 Å². The smallest absolute Gasteiger partial charge is 0.247 e. The number of carbonyl (C=O) groups excluding carboxylic acids is 3. The highest BCUT2D eigenvalue weighted by Crippen LogP contribution is 2.67. The summed E-state index contributed by atoms with van der Waals surface area (Å²) in [6.07, 6.45) is 6.53. The molecule has 2 aromatic carbocycles. The largest absolute Gasteiger partial charge is 0.494 e. The summed E-state index contributed by atoms with van der Waals surface area (Å²) in [6, 6.07) is 15.2. The van der Waals surface area contributed by atoms with Gasteiger partial charge < -0.3 is 24.5 Å². The number of amides is 3. The number of benzene rings is 2. The maximum absolute atomic E-state index is 14.9. The minimum absolute atomic E-state index is 0.0593. The lowest BCUT2D eigenvalue weighted by Gasteiger charge is -2.41. The van der Waals surface area contributed by atoms with Crippen molar-refractivity contribution in [1.29, 1.82) is 0 Å². The Balaban J connectivity index is 1.59. The van der Waals surface area contributed by atoms with Crippen LogP contribution in [0.4, 0.5) is 5.69 Å². The van der Waals surface area contributed by atoms with E-state index < -0.39 is 28.7 Å². The molecular weight excluding hydrogens is 598 g/mol. The fourth-order valence-corrected chi connectivity index (χ4v) is 10.1. The quantitative estimate of drug-likeness (QED) is 0.253. The lowest BCUT2D eigenvalue weighted by atomic mass is 9.70. The molecule has 3 fully saturated rings. The lowest BCUT2D eigenvalue weighted by molar-refractivity contribution is -0.146. The van der Waals surface area contributed by atoms with Crippen LogP contribution in [0, 0.1) is 11.8 Å². The maximum atomic E-state index is 14.9. The molecule has 3 aliphatic heterocycles. The van der Waals surface area contributed by atoms with Crippen molar-refractivity contribution in [3.05, 3.63) is 85.5 Å². The van der Waals surface area contributed by atoms with Crippen LogP contribution in [-0.2, 0) is 14.4 Å². The van der Waals surface area contributed by atoms with Crippen molar-refractivity contribution < 1.29 is 24.2 Å². The molecule has 0 saturated carbocycles. The number of likely N-dealkylation sites (tertiary alicyclic amines) is 1. The van der Waals surface area contributed by atoms with Gasteiger partial charge in [0, 0.05) is 30.1 Å². The van der Waals surface area contributed by atoms with Gasteiger partial charge in [-0.15, -0.1) is 24.9 Å². The monoisotopic (exact) mass is 645 g/mol. The minimum atomic E-state index is -0.826. The van der Waals surface area contributed by atoms with E-state index in [0.29, 0.717) is 31.0 Å². The van der Waals surface area contributed by atoms with Gasteiger partial charge in [-0.2, -0.15) is 0 Å². The van der Waals surface area contributed by atoms with Crippen molar-refractivity contribution in [2.24, 2.45) is 11.8 Å². The Bertz CT molecular complexity index is 1420. The highest BCUT2D eigenvalue weighted by atomic mass is 32.2. The highest BCUT2D eigenvalue weighted by Gasteiger charge is 2.74. The van der Waals surface area contributed by atoms with Crippen LogP contribution in [0.3, 0.4) is 0 Å². The molecule has 3 aliphatic rings. The Hall–Kier alpha value is -3.56. The van der Waals surface area contributed by atoms with Crippen LogP contribution in [0.1, 0.15) is 58.1 Å². The highest BCUT2D eigenvalue weighted by molar-refractivity contribution is 8.02. The normalized spacial score (nSPS) is 25.9. The molecule has 3 unspecified atom stereocenters. The number of carbonyl (C=O) groups is 3. The number of aliphatic hydroxyl groups excluding tert-OH is 1. The van der Waals surface area contributed by atoms with Gasteiger partial charge in [-0.1, -0.05) is 55.8 Å². The molecule has 5 rings (SSSR count). The van der Waals surface area contributed by atoms with Gasteiger partial charge in [-0.3, -0.25) is 14.4 Å². The molecule has 8 nitrogen and oxygen atoms in total. The van der Waals surface area contributed by atoms with Gasteiger partial charge in [0.15, 0.2) is 0 Å². The van der Waals surface area contributed by atoms with E-state index in [4.69, 9.17) is 4.74 Å². The second-order valence-electron chi connectivity index (χ2n) is 12.5. The van der Waals surface area contributed by atoms with Crippen molar-refractivity contribution in [2.75, 3.05) is 31.2 Å². The Labute approximate surface area is 277 Å². The standard InChI is InChI=1S/C37H47N3O5S/c1-6-13-25(5)38(22-7-2)36(44)33-37-21-20-30(46-37)31(32(37)35(43)40(33)29(24-41)26-14-11-10-12-15-26)34(42)39(23-8-3)27-16-18-28(19-17-27)45-9-4/h7-8,10-12,14-19,25,29-33,41H,2-3,6,9,13,20-24H2,1,4-5H3/t25?,29-,30-,31+,32+,33?,37?/m1/s1. The van der Waals surface area contributed by atoms with E-state index in [1.165, 1.54) is 0 Å². The van der Waals surface area contributed by atoms with Crippen LogP contribution in [0.15, 0.2) is 79.9 Å². The third-order valence-electron chi connectivity index (χ3n) is 9.83. The number of anilines is 1. The molecule has 0 aromatic heterocycles. The third kappa shape index (κ3) is 5.88. The van der Waals surface area contributed by atoms with Crippen LogP contribution in [0.25, 0.3) is 0 Å². The molecule has 1 N–H and O–H groups in total. The molecule has 1 spiro atoms. The summed E-state index contributed by atoms with van der Waals surface area (Å²) in [6.45, 7) is 14.7.